The first-order chi connectivity index (χ1) is 10.3. The van der Waals surface area contributed by atoms with E-state index in [4.69, 9.17) is 0 Å². The van der Waals surface area contributed by atoms with Gasteiger partial charge in [-0.05, 0) is 30.5 Å². The lowest BCUT2D eigenvalue weighted by molar-refractivity contribution is -0.697. The molecule has 118 valence electrons. The predicted molar refractivity (Wildman–Crippen MR) is 84.9 cm³/mol. The highest BCUT2D eigenvalue weighted by Crippen LogP contribution is 2.10. The zero-order valence-corrected chi connectivity index (χ0v) is 14.6. The van der Waals surface area contributed by atoms with E-state index in [1.165, 1.54) is 5.56 Å². The molecule has 0 unspecified atom stereocenters. The van der Waals surface area contributed by atoms with Gasteiger partial charge < -0.3 is 22.3 Å². The standard InChI is InChI=1S/C18H22N2O.BrH/c1-2-16-9-11-17(12-10-16)19-18(21)8-4-7-15-20-13-5-3-6-14-20;/h3,5-6,9-14H,2,4,7-8,15H2,1H3;1H. The Morgan fingerprint density at radius 3 is 2.36 bits per heavy atom. The van der Waals surface area contributed by atoms with Crippen LogP contribution in [0.4, 0.5) is 5.69 Å². The quantitative estimate of drug-likeness (QED) is 0.559. The zero-order valence-electron chi connectivity index (χ0n) is 13.0. The monoisotopic (exact) mass is 362 g/mol. The van der Waals surface area contributed by atoms with Crippen molar-refractivity contribution in [2.24, 2.45) is 0 Å². The molecule has 1 heterocycles. The van der Waals surface area contributed by atoms with Crippen LogP contribution < -0.4 is 26.9 Å². The minimum atomic E-state index is 0. The summed E-state index contributed by atoms with van der Waals surface area (Å²) in [5.41, 5.74) is 2.17. The molecule has 0 aliphatic rings. The number of pyridine rings is 1. The SMILES string of the molecule is CCc1ccc(NC(=O)CCCC[n+]2ccccc2)cc1.[Br-]. The van der Waals surface area contributed by atoms with Gasteiger partial charge in [-0.25, -0.2) is 4.57 Å². The maximum absolute atomic E-state index is 11.9. The number of hydrogen-bond donors (Lipinski definition) is 1. The van der Waals surface area contributed by atoms with Crippen molar-refractivity contribution in [3.8, 4) is 0 Å². The zero-order chi connectivity index (χ0) is 14.9. The summed E-state index contributed by atoms with van der Waals surface area (Å²) < 4.78 is 2.14. The number of unbranched alkanes of at least 4 members (excludes halogenated alkanes) is 1. The highest BCUT2D eigenvalue weighted by Gasteiger charge is 2.04. The van der Waals surface area contributed by atoms with Crippen molar-refractivity contribution in [2.45, 2.75) is 39.2 Å². The smallest absolute Gasteiger partial charge is 0.224 e. The topological polar surface area (TPSA) is 33.0 Å². The molecule has 2 aromatic rings. The van der Waals surface area contributed by atoms with Crippen LogP contribution in [-0.4, -0.2) is 5.91 Å². The molecule has 0 spiro atoms. The fraction of sp³-hybridized carbons (Fsp3) is 0.333. The van der Waals surface area contributed by atoms with Gasteiger partial charge in [0, 0.05) is 30.7 Å². The summed E-state index contributed by atoms with van der Waals surface area (Å²) in [5.74, 6) is 0.0947. The van der Waals surface area contributed by atoms with Crippen LogP contribution in [-0.2, 0) is 17.8 Å². The molecule has 0 saturated carbocycles. The normalized spacial score (nSPS) is 9.86. The number of carbonyl (C=O) groups excluding carboxylic acids is 1. The number of benzene rings is 1. The molecular weight excluding hydrogens is 340 g/mol. The summed E-state index contributed by atoms with van der Waals surface area (Å²) in [5, 5.41) is 2.95. The third-order valence-corrected chi connectivity index (χ3v) is 3.49. The van der Waals surface area contributed by atoms with Gasteiger partial charge in [0.1, 0.15) is 6.54 Å². The predicted octanol–water partition coefficient (Wildman–Crippen LogP) is 0.350. The lowest BCUT2D eigenvalue weighted by atomic mass is 10.1. The largest absolute Gasteiger partial charge is 1.00 e. The molecule has 1 aromatic carbocycles. The maximum atomic E-state index is 11.9. The number of aromatic nitrogens is 1. The van der Waals surface area contributed by atoms with E-state index in [-0.39, 0.29) is 22.9 Å². The Morgan fingerprint density at radius 1 is 1.05 bits per heavy atom. The highest BCUT2D eigenvalue weighted by atomic mass is 79.9. The number of rotatable bonds is 7. The van der Waals surface area contributed by atoms with Crippen molar-refractivity contribution in [1.29, 1.82) is 0 Å². The van der Waals surface area contributed by atoms with E-state index in [1.54, 1.807) is 0 Å². The molecule has 0 bridgehead atoms. The third kappa shape index (κ3) is 6.39. The summed E-state index contributed by atoms with van der Waals surface area (Å²) in [6, 6.07) is 14.1. The number of amides is 1. The number of aryl methyl sites for hydroxylation is 2. The fourth-order valence-corrected chi connectivity index (χ4v) is 2.21. The second kappa shape index (κ2) is 10.1. The van der Waals surface area contributed by atoms with E-state index in [9.17, 15) is 4.79 Å². The van der Waals surface area contributed by atoms with Crippen LogP contribution in [0.25, 0.3) is 0 Å². The fourth-order valence-electron chi connectivity index (χ4n) is 2.21. The van der Waals surface area contributed by atoms with E-state index in [1.807, 2.05) is 30.3 Å². The summed E-state index contributed by atoms with van der Waals surface area (Å²) in [6.45, 7) is 3.08. The van der Waals surface area contributed by atoms with Gasteiger partial charge >= 0.3 is 0 Å². The lowest BCUT2D eigenvalue weighted by Crippen LogP contribution is -3.00. The van der Waals surface area contributed by atoms with Crippen molar-refractivity contribution in [1.82, 2.24) is 0 Å². The molecule has 0 atom stereocenters. The number of anilines is 1. The Morgan fingerprint density at radius 2 is 1.73 bits per heavy atom. The molecule has 2 rings (SSSR count). The lowest BCUT2D eigenvalue weighted by Gasteiger charge is -2.05. The van der Waals surface area contributed by atoms with Crippen molar-refractivity contribution >= 4 is 11.6 Å². The number of hydrogen-bond acceptors (Lipinski definition) is 1. The Balaban J connectivity index is 0.00000242. The molecule has 1 amide bonds. The van der Waals surface area contributed by atoms with E-state index >= 15 is 0 Å². The molecule has 22 heavy (non-hydrogen) atoms. The summed E-state index contributed by atoms with van der Waals surface area (Å²) >= 11 is 0. The first-order valence-corrected chi connectivity index (χ1v) is 7.61. The highest BCUT2D eigenvalue weighted by molar-refractivity contribution is 5.90. The molecular formula is C18H23BrN2O. The van der Waals surface area contributed by atoms with Crippen LogP contribution in [0, 0.1) is 0 Å². The Bertz CT molecular complexity index is 555. The van der Waals surface area contributed by atoms with E-state index in [2.05, 4.69) is 41.3 Å². The van der Waals surface area contributed by atoms with E-state index in [0.29, 0.717) is 6.42 Å². The second-order valence-electron chi connectivity index (χ2n) is 5.17. The van der Waals surface area contributed by atoms with Gasteiger partial charge in [0.05, 0.1) is 0 Å². The summed E-state index contributed by atoms with van der Waals surface area (Å²) in [7, 11) is 0. The van der Waals surface area contributed by atoms with Crippen molar-refractivity contribution in [3.63, 3.8) is 0 Å². The number of carbonyl (C=O) groups is 1. The molecule has 1 N–H and O–H groups in total. The minimum Gasteiger partial charge on any atom is -1.00 e. The molecule has 0 aliphatic carbocycles. The van der Waals surface area contributed by atoms with Crippen molar-refractivity contribution in [3.05, 3.63) is 60.4 Å². The van der Waals surface area contributed by atoms with Gasteiger partial charge in [0.2, 0.25) is 5.91 Å². The Hall–Kier alpha value is -1.68. The molecule has 3 nitrogen and oxygen atoms in total. The second-order valence-corrected chi connectivity index (χ2v) is 5.17. The van der Waals surface area contributed by atoms with Crippen LogP contribution >= 0.6 is 0 Å². The number of nitrogens with one attached hydrogen (secondary N) is 1. The Kier molecular flexibility index (Phi) is 8.44. The van der Waals surface area contributed by atoms with Gasteiger partial charge in [-0.1, -0.05) is 25.1 Å². The minimum absolute atomic E-state index is 0. The van der Waals surface area contributed by atoms with Crippen LogP contribution in [0.15, 0.2) is 54.9 Å². The van der Waals surface area contributed by atoms with Gasteiger partial charge in [-0.2, -0.15) is 0 Å². The average molecular weight is 363 g/mol. The molecule has 0 saturated heterocycles. The van der Waals surface area contributed by atoms with Gasteiger partial charge in [-0.3, -0.25) is 4.79 Å². The summed E-state index contributed by atoms with van der Waals surface area (Å²) in [6.07, 6.45) is 7.61. The first kappa shape index (κ1) is 18.4. The molecule has 1 aromatic heterocycles. The Labute approximate surface area is 143 Å². The van der Waals surface area contributed by atoms with Crippen LogP contribution in [0.2, 0.25) is 0 Å². The van der Waals surface area contributed by atoms with E-state index < -0.39 is 0 Å². The summed E-state index contributed by atoms with van der Waals surface area (Å²) in [4.78, 5) is 11.9. The van der Waals surface area contributed by atoms with Crippen LogP contribution in [0.5, 0.6) is 0 Å². The van der Waals surface area contributed by atoms with Gasteiger partial charge in [-0.15, -0.1) is 0 Å². The molecule has 0 radical (unpaired) electrons. The maximum Gasteiger partial charge on any atom is 0.224 e. The van der Waals surface area contributed by atoms with Crippen molar-refractivity contribution < 1.29 is 26.3 Å². The first-order valence-electron chi connectivity index (χ1n) is 7.61. The van der Waals surface area contributed by atoms with Crippen molar-refractivity contribution in [2.75, 3.05) is 5.32 Å². The average Bonchev–Trinajstić information content (AvgIpc) is 2.53. The molecule has 4 heteroatoms. The van der Waals surface area contributed by atoms with E-state index in [0.717, 1.165) is 31.5 Å². The van der Waals surface area contributed by atoms with Gasteiger partial charge in [0.25, 0.3) is 0 Å². The third-order valence-electron chi connectivity index (χ3n) is 3.49. The van der Waals surface area contributed by atoms with Crippen LogP contribution in [0.1, 0.15) is 31.7 Å². The molecule has 0 aliphatic heterocycles. The molecule has 0 fully saturated rings. The van der Waals surface area contributed by atoms with Crippen LogP contribution in [0.3, 0.4) is 0 Å². The van der Waals surface area contributed by atoms with Gasteiger partial charge in [0.15, 0.2) is 12.4 Å². The number of halogens is 1. The number of nitrogens with zero attached hydrogens (tertiary/aromatic N) is 1.